The third-order valence-electron chi connectivity index (χ3n) is 8.65. The Balaban J connectivity index is 1.54. The molecule has 1 aromatic carbocycles. The number of carbonyl (C=O) groups excluding carboxylic acids is 1. The molecular weight excluding hydrogens is 460 g/mol. The summed E-state index contributed by atoms with van der Waals surface area (Å²) in [7, 11) is 0. The van der Waals surface area contributed by atoms with Crippen molar-refractivity contribution in [3.05, 3.63) is 29.8 Å². The van der Waals surface area contributed by atoms with Crippen molar-refractivity contribution in [1.82, 2.24) is 0 Å². The number of hydrogen-bond donors (Lipinski definition) is 2. The molecule has 0 unspecified atom stereocenters. The van der Waals surface area contributed by atoms with Crippen LogP contribution in [0.25, 0.3) is 0 Å². The summed E-state index contributed by atoms with van der Waals surface area (Å²) in [5.41, 5.74) is 0.893. The van der Waals surface area contributed by atoms with Crippen LogP contribution in [0.4, 0.5) is 0 Å². The monoisotopic (exact) mass is 504 g/mol. The summed E-state index contributed by atoms with van der Waals surface area (Å²) in [6.07, 6.45) is 4.95. The summed E-state index contributed by atoms with van der Waals surface area (Å²) in [4.78, 5) is 12.9. The Morgan fingerprint density at radius 1 is 1.19 bits per heavy atom. The van der Waals surface area contributed by atoms with Crippen LogP contribution in [0.2, 0.25) is 0 Å². The number of hydrogen-bond acceptors (Lipinski definition) is 7. The third-order valence-corrected chi connectivity index (χ3v) is 8.65. The van der Waals surface area contributed by atoms with Crippen LogP contribution in [0.1, 0.15) is 78.2 Å². The molecule has 3 aliphatic heterocycles. The molecular formula is C29H44O7. The Hall–Kier alpha value is -1.67. The highest BCUT2D eigenvalue weighted by molar-refractivity contribution is 5.70. The zero-order chi connectivity index (χ0) is 25.9. The minimum Gasteiger partial charge on any atom is -0.508 e. The second kappa shape index (κ2) is 11.4. The first-order valence-corrected chi connectivity index (χ1v) is 13.7. The number of aromatic hydroxyl groups is 1. The van der Waals surface area contributed by atoms with Gasteiger partial charge in [0.1, 0.15) is 11.9 Å². The van der Waals surface area contributed by atoms with E-state index in [1.54, 1.807) is 6.07 Å². The van der Waals surface area contributed by atoms with Gasteiger partial charge in [0.15, 0.2) is 5.79 Å². The molecule has 3 saturated heterocycles. The molecule has 202 valence electrons. The van der Waals surface area contributed by atoms with Gasteiger partial charge in [0.2, 0.25) is 0 Å². The topological polar surface area (TPSA) is 94.5 Å². The van der Waals surface area contributed by atoms with Crippen molar-refractivity contribution in [2.24, 2.45) is 17.3 Å². The molecule has 4 rings (SSSR count). The van der Waals surface area contributed by atoms with Gasteiger partial charge in [-0.1, -0.05) is 39.8 Å². The van der Waals surface area contributed by atoms with Gasteiger partial charge in [0, 0.05) is 24.4 Å². The largest absolute Gasteiger partial charge is 0.508 e. The van der Waals surface area contributed by atoms with Crippen LogP contribution in [0.15, 0.2) is 24.3 Å². The summed E-state index contributed by atoms with van der Waals surface area (Å²) in [6.45, 7) is 8.94. The number of fused-ring (bicyclic) bond motifs is 2. The number of benzene rings is 1. The average molecular weight is 505 g/mol. The van der Waals surface area contributed by atoms with Crippen molar-refractivity contribution in [3.63, 3.8) is 0 Å². The number of aliphatic hydroxyl groups excluding tert-OH is 1. The van der Waals surface area contributed by atoms with Gasteiger partial charge < -0.3 is 29.2 Å². The van der Waals surface area contributed by atoms with Gasteiger partial charge in [-0.05, 0) is 62.1 Å². The molecule has 1 spiro atoms. The molecule has 0 amide bonds. The molecule has 0 aliphatic carbocycles. The molecule has 7 atom stereocenters. The Morgan fingerprint density at radius 2 is 2.00 bits per heavy atom. The van der Waals surface area contributed by atoms with Crippen molar-refractivity contribution in [2.45, 2.75) is 109 Å². The van der Waals surface area contributed by atoms with E-state index in [9.17, 15) is 15.0 Å². The molecule has 36 heavy (non-hydrogen) atoms. The summed E-state index contributed by atoms with van der Waals surface area (Å²) in [5.74, 6) is -0.635. The fourth-order valence-electron chi connectivity index (χ4n) is 6.19. The SMILES string of the molecule is C[C@@H]1[C@@H]([C@@H](C)CCCc2cccc(O)c2)O[C@]23C[C@@H]1OC(=O)C[C@H](CO)OCC[C@@H](CCC2(C)C)O3. The first-order chi connectivity index (χ1) is 17.1. The van der Waals surface area contributed by atoms with Crippen LogP contribution in [0.3, 0.4) is 0 Å². The van der Waals surface area contributed by atoms with Crippen LogP contribution in [0.5, 0.6) is 5.75 Å². The summed E-state index contributed by atoms with van der Waals surface area (Å²) in [5, 5.41) is 19.5. The zero-order valence-corrected chi connectivity index (χ0v) is 22.3. The molecule has 0 aromatic heterocycles. The predicted octanol–water partition coefficient (Wildman–Crippen LogP) is 4.76. The molecule has 7 heteroatoms. The number of phenolic OH excluding ortho intramolecular Hbond substituents is 1. The smallest absolute Gasteiger partial charge is 0.308 e. The summed E-state index contributed by atoms with van der Waals surface area (Å²) < 4.78 is 25.6. The molecule has 3 heterocycles. The lowest BCUT2D eigenvalue weighted by atomic mass is 9.69. The van der Waals surface area contributed by atoms with Gasteiger partial charge in [-0.25, -0.2) is 0 Å². The fourth-order valence-corrected chi connectivity index (χ4v) is 6.19. The molecule has 3 fully saturated rings. The highest BCUT2D eigenvalue weighted by Crippen LogP contribution is 2.53. The highest BCUT2D eigenvalue weighted by atomic mass is 16.7. The standard InChI is InChI=1S/C29H44O7/c1-19(7-5-8-21-9-6-10-22(31)15-21)27-20(2)25-17-29(36-27)28(3,4)13-11-23(35-29)12-14-33-24(18-30)16-26(32)34-25/h6,9-10,15,19-20,23-25,27,30-31H,5,7-8,11-14,16-18H2,1-4H3/t19-,20-,23+,24+,25-,27+,29+/m0/s1. The maximum absolute atomic E-state index is 12.9. The summed E-state index contributed by atoms with van der Waals surface area (Å²) >= 11 is 0. The number of aryl methyl sites for hydroxylation is 1. The molecule has 1 aromatic rings. The van der Waals surface area contributed by atoms with Crippen molar-refractivity contribution >= 4 is 5.97 Å². The van der Waals surface area contributed by atoms with E-state index in [-0.39, 0.29) is 54.6 Å². The lowest BCUT2D eigenvalue weighted by Crippen LogP contribution is -2.64. The van der Waals surface area contributed by atoms with Crippen LogP contribution < -0.4 is 0 Å². The Labute approximate surface area is 215 Å². The Kier molecular flexibility index (Phi) is 8.65. The van der Waals surface area contributed by atoms with Crippen molar-refractivity contribution in [2.75, 3.05) is 13.2 Å². The third kappa shape index (κ3) is 6.07. The molecule has 2 N–H and O–H groups in total. The van der Waals surface area contributed by atoms with E-state index >= 15 is 0 Å². The van der Waals surface area contributed by atoms with Gasteiger partial charge in [0.25, 0.3) is 0 Å². The van der Waals surface area contributed by atoms with E-state index in [1.807, 2.05) is 18.2 Å². The molecule has 3 bridgehead atoms. The minimum absolute atomic E-state index is 0.00302. The Bertz CT molecular complexity index is 886. The zero-order valence-electron chi connectivity index (χ0n) is 22.3. The minimum atomic E-state index is -0.826. The predicted molar refractivity (Wildman–Crippen MR) is 135 cm³/mol. The van der Waals surface area contributed by atoms with Gasteiger partial charge in [-0.15, -0.1) is 0 Å². The number of esters is 1. The molecule has 0 radical (unpaired) electrons. The van der Waals surface area contributed by atoms with E-state index in [2.05, 4.69) is 27.7 Å². The fraction of sp³-hybridized carbons (Fsp3) is 0.759. The van der Waals surface area contributed by atoms with Gasteiger partial charge >= 0.3 is 5.97 Å². The normalized spacial score (nSPS) is 35.7. The Morgan fingerprint density at radius 3 is 2.75 bits per heavy atom. The second-order valence-electron chi connectivity index (χ2n) is 11.8. The maximum Gasteiger partial charge on any atom is 0.308 e. The van der Waals surface area contributed by atoms with E-state index in [1.165, 1.54) is 0 Å². The first kappa shape index (κ1) is 27.4. The second-order valence-corrected chi connectivity index (χ2v) is 11.8. The van der Waals surface area contributed by atoms with Crippen molar-refractivity contribution in [3.8, 4) is 5.75 Å². The number of rotatable bonds is 6. The number of aliphatic hydroxyl groups is 1. The number of ether oxygens (including phenoxy) is 4. The van der Waals surface area contributed by atoms with Gasteiger partial charge in [0.05, 0.1) is 31.3 Å². The maximum atomic E-state index is 12.9. The highest BCUT2D eigenvalue weighted by Gasteiger charge is 2.59. The van der Waals surface area contributed by atoms with Crippen LogP contribution in [0, 0.1) is 17.3 Å². The van der Waals surface area contributed by atoms with Crippen molar-refractivity contribution in [1.29, 1.82) is 0 Å². The van der Waals surface area contributed by atoms with Crippen molar-refractivity contribution < 1.29 is 34.0 Å². The number of carbonyl (C=O) groups is 1. The summed E-state index contributed by atoms with van der Waals surface area (Å²) in [6, 6.07) is 7.43. The lowest BCUT2D eigenvalue weighted by Gasteiger charge is -2.58. The van der Waals surface area contributed by atoms with Gasteiger partial charge in [-0.2, -0.15) is 0 Å². The molecule has 7 nitrogen and oxygen atoms in total. The van der Waals surface area contributed by atoms with E-state index in [0.29, 0.717) is 25.2 Å². The van der Waals surface area contributed by atoms with E-state index in [0.717, 1.165) is 37.7 Å². The van der Waals surface area contributed by atoms with Crippen LogP contribution in [-0.4, -0.2) is 59.6 Å². The number of phenols is 1. The van der Waals surface area contributed by atoms with E-state index in [4.69, 9.17) is 18.9 Å². The first-order valence-electron chi connectivity index (χ1n) is 13.7. The lowest BCUT2D eigenvalue weighted by molar-refractivity contribution is -0.387. The molecule has 3 aliphatic rings. The quantitative estimate of drug-likeness (QED) is 0.540. The molecule has 0 saturated carbocycles. The average Bonchev–Trinajstić information content (AvgIpc) is 2.82. The van der Waals surface area contributed by atoms with Crippen LogP contribution in [-0.2, 0) is 30.2 Å². The van der Waals surface area contributed by atoms with Crippen LogP contribution >= 0.6 is 0 Å². The van der Waals surface area contributed by atoms with Gasteiger partial charge in [-0.3, -0.25) is 4.79 Å². The van der Waals surface area contributed by atoms with E-state index < -0.39 is 11.9 Å².